The molecule has 2 aromatic rings. The second kappa shape index (κ2) is 11.5. The second-order valence-corrected chi connectivity index (χ2v) is 12.9. The highest BCUT2D eigenvalue weighted by molar-refractivity contribution is 7.89. The molecule has 43 heavy (non-hydrogen) atoms. The van der Waals surface area contributed by atoms with Crippen molar-refractivity contribution in [2.24, 2.45) is 0 Å². The number of carbonyl (C=O) groups excluding carboxylic acids is 3. The van der Waals surface area contributed by atoms with Gasteiger partial charge in [0.15, 0.2) is 5.54 Å². The molecule has 4 heterocycles. The van der Waals surface area contributed by atoms with Crippen LogP contribution in [0.1, 0.15) is 17.5 Å². The zero-order valence-electron chi connectivity index (χ0n) is 23.9. The van der Waals surface area contributed by atoms with E-state index in [0.717, 1.165) is 13.1 Å². The quantitative estimate of drug-likeness (QED) is 0.276. The Bertz CT molecular complexity index is 1600. The zero-order chi connectivity index (χ0) is 30.4. The lowest BCUT2D eigenvalue weighted by Crippen LogP contribution is -2.52. The van der Waals surface area contributed by atoms with Gasteiger partial charge in [-0.3, -0.25) is 19.3 Å². The molecular formula is C30H34N4O8S. The summed E-state index contributed by atoms with van der Waals surface area (Å²) in [6, 6.07) is 12.5. The summed E-state index contributed by atoms with van der Waals surface area (Å²) in [7, 11) is -2.36. The fourth-order valence-corrected chi connectivity index (χ4v) is 7.89. The van der Waals surface area contributed by atoms with Crippen LogP contribution >= 0.6 is 0 Å². The van der Waals surface area contributed by atoms with Crippen LogP contribution in [0.25, 0.3) is 5.76 Å². The number of aliphatic hydroxyl groups excluding tert-OH is 1. The molecule has 0 saturated carbocycles. The summed E-state index contributed by atoms with van der Waals surface area (Å²) in [6.45, 7) is 4.36. The molecule has 0 aliphatic carbocycles. The van der Waals surface area contributed by atoms with E-state index >= 15 is 0 Å². The Kier molecular flexibility index (Phi) is 7.86. The number of sulfonamides is 1. The van der Waals surface area contributed by atoms with Crippen LogP contribution in [-0.2, 0) is 39.4 Å². The minimum atomic E-state index is -3.93. The molecule has 0 radical (unpaired) electrons. The summed E-state index contributed by atoms with van der Waals surface area (Å²) >= 11 is 0. The molecule has 4 aliphatic rings. The first-order valence-corrected chi connectivity index (χ1v) is 15.8. The first-order valence-electron chi connectivity index (χ1n) is 14.3. The molecule has 2 aromatic carbocycles. The standard InChI is InChI=1S/C30H34N4O8S/c1-31-24-9-3-2-8-23(24)30(29(31)38)25(27(36)28(37)34(30)11-5-10-32-12-16-41-17-13-32)26(35)21-6-4-7-22(20-21)43(39,40)33-14-18-42-19-15-33/h2-4,6-9,20,35H,5,10-19H2,1H3/b26-25+. The highest BCUT2D eigenvalue weighted by Crippen LogP contribution is 2.53. The van der Waals surface area contributed by atoms with E-state index in [9.17, 15) is 27.9 Å². The highest BCUT2D eigenvalue weighted by atomic mass is 32.2. The summed E-state index contributed by atoms with van der Waals surface area (Å²) in [5.74, 6) is -3.03. The van der Waals surface area contributed by atoms with Crippen molar-refractivity contribution < 1.29 is 37.4 Å². The lowest BCUT2D eigenvalue weighted by atomic mass is 9.82. The number of Topliss-reactive ketones (excluding diaryl/α,β-unsaturated/α-hetero) is 1. The zero-order valence-corrected chi connectivity index (χ0v) is 24.7. The number of morpholine rings is 2. The summed E-state index contributed by atoms with van der Waals surface area (Å²) in [5.41, 5.74) is -1.33. The fraction of sp³-hybridized carbons (Fsp3) is 0.433. The Hall–Kier alpha value is -3.62. The topological polar surface area (TPSA) is 137 Å². The Labute approximate surface area is 250 Å². The van der Waals surface area contributed by atoms with Gasteiger partial charge in [-0.05, 0) is 24.6 Å². The molecule has 228 valence electrons. The van der Waals surface area contributed by atoms with Gasteiger partial charge in [0.25, 0.3) is 17.6 Å². The number of nitrogens with zero attached hydrogens (tertiary/aromatic N) is 4. The number of likely N-dealkylation sites (N-methyl/N-ethyl adjacent to an activating group) is 1. The SMILES string of the molecule is CN1C(=O)C2(/C(=C(/O)c3cccc(S(=O)(=O)N4CCOCC4)c3)C(=O)C(=O)N2CCCN2CCOCC2)c2ccccc21. The molecule has 0 aromatic heterocycles. The van der Waals surface area contributed by atoms with Crippen molar-refractivity contribution in [2.75, 3.05) is 77.6 Å². The van der Waals surface area contributed by atoms with Crippen molar-refractivity contribution in [3.63, 3.8) is 0 Å². The molecular weight excluding hydrogens is 576 g/mol. The average Bonchev–Trinajstić information content (AvgIpc) is 3.40. The molecule has 1 N–H and O–H groups in total. The van der Waals surface area contributed by atoms with Gasteiger partial charge in [0, 0.05) is 63.1 Å². The Morgan fingerprint density at radius 3 is 2.30 bits per heavy atom. The van der Waals surface area contributed by atoms with E-state index in [0.29, 0.717) is 37.4 Å². The van der Waals surface area contributed by atoms with Crippen LogP contribution in [0.5, 0.6) is 0 Å². The minimum Gasteiger partial charge on any atom is -0.507 e. The minimum absolute atomic E-state index is 0.0138. The van der Waals surface area contributed by atoms with Crippen molar-refractivity contribution >= 4 is 39.1 Å². The van der Waals surface area contributed by atoms with Gasteiger partial charge in [0.2, 0.25) is 10.0 Å². The van der Waals surface area contributed by atoms with Crippen molar-refractivity contribution in [1.82, 2.24) is 14.1 Å². The number of benzene rings is 2. The van der Waals surface area contributed by atoms with Gasteiger partial charge < -0.3 is 24.4 Å². The molecule has 2 amide bonds. The van der Waals surface area contributed by atoms with Crippen LogP contribution < -0.4 is 4.90 Å². The number of aliphatic hydroxyl groups is 1. The molecule has 6 rings (SSSR count). The van der Waals surface area contributed by atoms with Crippen LogP contribution in [-0.4, -0.2) is 118 Å². The largest absolute Gasteiger partial charge is 0.507 e. The summed E-state index contributed by atoms with van der Waals surface area (Å²) in [6.07, 6.45) is 0.487. The fourth-order valence-electron chi connectivity index (χ4n) is 6.43. The first kappa shape index (κ1) is 29.5. The molecule has 13 heteroatoms. The molecule has 0 bridgehead atoms. The number of carbonyl (C=O) groups is 3. The molecule has 1 unspecified atom stereocenters. The molecule has 1 atom stereocenters. The van der Waals surface area contributed by atoms with Crippen LogP contribution in [0.2, 0.25) is 0 Å². The third kappa shape index (κ3) is 4.75. The van der Waals surface area contributed by atoms with Crippen molar-refractivity contribution in [1.29, 1.82) is 0 Å². The van der Waals surface area contributed by atoms with Crippen LogP contribution in [0, 0.1) is 0 Å². The molecule has 1 spiro atoms. The van der Waals surface area contributed by atoms with Gasteiger partial charge in [-0.1, -0.05) is 30.3 Å². The monoisotopic (exact) mass is 610 g/mol. The Morgan fingerprint density at radius 2 is 1.58 bits per heavy atom. The number of amides is 2. The number of hydrogen-bond donors (Lipinski definition) is 1. The molecule has 3 fully saturated rings. The summed E-state index contributed by atoms with van der Waals surface area (Å²) < 4.78 is 38.8. The van der Waals surface area contributed by atoms with Crippen LogP contribution in [0.4, 0.5) is 5.69 Å². The van der Waals surface area contributed by atoms with Crippen molar-refractivity contribution in [3.8, 4) is 0 Å². The lowest BCUT2D eigenvalue weighted by molar-refractivity contribution is -0.143. The van der Waals surface area contributed by atoms with E-state index in [-0.39, 0.29) is 48.9 Å². The molecule has 4 aliphatic heterocycles. The Balaban J connectivity index is 1.45. The third-order valence-corrected chi connectivity index (χ3v) is 10.5. The molecule has 12 nitrogen and oxygen atoms in total. The number of ketones is 1. The number of hydrogen-bond acceptors (Lipinski definition) is 9. The van der Waals surface area contributed by atoms with Gasteiger partial charge in [-0.15, -0.1) is 0 Å². The molecule has 3 saturated heterocycles. The van der Waals surface area contributed by atoms with E-state index in [1.165, 1.54) is 38.4 Å². The lowest BCUT2D eigenvalue weighted by Gasteiger charge is -2.35. The van der Waals surface area contributed by atoms with Crippen molar-refractivity contribution in [2.45, 2.75) is 16.9 Å². The Morgan fingerprint density at radius 1 is 0.907 bits per heavy atom. The third-order valence-electron chi connectivity index (χ3n) is 8.61. The van der Waals surface area contributed by atoms with Gasteiger partial charge in [0.05, 0.1) is 36.9 Å². The smallest absolute Gasteiger partial charge is 0.296 e. The van der Waals surface area contributed by atoms with E-state index in [4.69, 9.17) is 9.47 Å². The van der Waals surface area contributed by atoms with E-state index in [1.54, 1.807) is 31.3 Å². The predicted octanol–water partition coefficient (Wildman–Crippen LogP) is 0.982. The second-order valence-electron chi connectivity index (χ2n) is 11.0. The van der Waals surface area contributed by atoms with E-state index < -0.39 is 38.9 Å². The number of anilines is 1. The van der Waals surface area contributed by atoms with Crippen LogP contribution in [0.3, 0.4) is 0 Å². The maximum Gasteiger partial charge on any atom is 0.296 e. The number of fused-ring (bicyclic) bond motifs is 2. The number of ether oxygens (including phenoxy) is 2. The van der Waals surface area contributed by atoms with E-state index in [2.05, 4.69) is 4.90 Å². The first-order chi connectivity index (χ1) is 20.7. The van der Waals surface area contributed by atoms with E-state index in [1.807, 2.05) is 0 Å². The van der Waals surface area contributed by atoms with Gasteiger partial charge in [0.1, 0.15) is 5.76 Å². The van der Waals surface area contributed by atoms with Gasteiger partial charge in [-0.25, -0.2) is 8.42 Å². The predicted molar refractivity (Wildman–Crippen MR) is 156 cm³/mol. The van der Waals surface area contributed by atoms with Gasteiger partial charge in [-0.2, -0.15) is 4.31 Å². The average molecular weight is 611 g/mol. The van der Waals surface area contributed by atoms with Crippen molar-refractivity contribution in [3.05, 3.63) is 65.2 Å². The van der Waals surface area contributed by atoms with Crippen LogP contribution in [0.15, 0.2) is 59.0 Å². The number of likely N-dealkylation sites (tertiary alicyclic amines) is 1. The number of para-hydroxylation sites is 1. The normalized spacial score (nSPS) is 24.7. The maximum absolute atomic E-state index is 14.2. The number of rotatable bonds is 7. The maximum atomic E-state index is 14.2. The van der Waals surface area contributed by atoms with Gasteiger partial charge >= 0.3 is 0 Å². The summed E-state index contributed by atoms with van der Waals surface area (Å²) in [5, 5.41) is 11.8. The summed E-state index contributed by atoms with van der Waals surface area (Å²) in [4.78, 5) is 46.5. The highest BCUT2D eigenvalue weighted by Gasteiger charge is 2.66.